The predicted octanol–water partition coefficient (Wildman–Crippen LogP) is 2.40. The molecule has 2 heterocycles. The van der Waals surface area contributed by atoms with Gasteiger partial charge in [-0.05, 0) is 17.7 Å². The second kappa shape index (κ2) is 7.65. The number of benzene rings is 1. The summed E-state index contributed by atoms with van der Waals surface area (Å²) < 4.78 is 25.1. The molecule has 0 atom stereocenters. The minimum Gasteiger partial charge on any atom is -0.324 e. The summed E-state index contributed by atoms with van der Waals surface area (Å²) in [5.74, 6) is -0.423. The Hall–Kier alpha value is -2.46. The number of pyridine rings is 1. The maximum absolute atomic E-state index is 12.2. The first kappa shape index (κ1) is 19.3. The highest BCUT2D eigenvalue weighted by atomic mass is 35.5. The number of hydrogen-bond acceptors (Lipinski definition) is 5. The Balaban J connectivity index is 1.89. The molecule has 0 aliphatic heterocycles. The first-order chi connectivity index (χ1) is 12.7. The maximum Gasteiger partial charge on any atom is 0.241 e. The molecule has 0 saturated heterocycles. The number of carbonyl (C=O) groups is 1. The topological polar surface area (TPSA) is 120 Å². The van der Waals surface area contributed by atoms with Crippen LogP contribution in [-0.2, 0) is 21.2 Å². The lowest BCUT2D eigenvalue weighted by atomic mass is 10.1. The van der Waals surface area contributed by atoms with Crippen LogP contribution in [0.15, 0.2) is 53.8 Å². The second-order valence-electron chi connectivity index (χ2n) is 5.51. The van der Waals surface area contributed by atoms with E-state index in [1.165, 1.54) is 29.3 Å². The highest BCUT2D eigenvalue weighted by Crippen LogP contribution is 2.22. The number of anilines is 1. The van der Waals surface area contributed by atoms with Gasteiger partial charge in [-0.1, -0.05) is 41.4 Å². The van der Waals surface area contributed by atoms with Gasteiger partial charge >= 0.3 is 0 Å². The summed E-state index contributed by atoms with van der Waals surface area (Å²) in [6.07, 6.45) is 4.02. The van der Waals surface area contributed by atoms with E-state index in [-0.39, 0.29) is 28.7 Å². The highest BCUT2D eigenvalue weighted by Gasteiger charge is 2.19. The van der Waals surface area contributed by atoms with Crippen molar-refractivity contribution in [1.82, 2.24) is 14.8 Å². The molecule has 1 aromatic carbocycles. The molecule has 0 fully saturated rings. The fourth-order valence-corrected chi connectivity index (χ4v) is 3.35. The van der Waals surface area contributed by atoms with Crippen LogP contribution in [0.1, 0.15) is 5.56 Å². The van der Waals surface area contributed by atoms with Crippen LogP contribution in [0.25, 0.3) is 5.82 Å². The van der Waals surface area contributed by atoms with Gasteiger partial charge in [0.05, 0.1) is 35.7 Å². The average molecular weight is 426 g/mol. The number of carbonyl (C=O) groups excluding carboxylic acids is 1. The van der Waals surface area contributed by atoms with Crippen molar-refractivity contribution >= 4 is 44.8 Å². The van der Waals surface area contributed by atoms with E-state index in [4.69, 9.17) is 28.3 Å². The van der Waals surface area contributed by atoms with Gasteiger partial charge in [0.15, 0.2) is 5.82 Å². The molecule has 0 bridgehead atoms. The lowest BCUT2D eigenvalue weighted by Gasteiger charge is -2.11. The van der Waals surface area contributed by atoms with Gasteiger partial charge in [0.25, 0.3) is 0 Å². The lowest BCUT2D eigenvalue weighted by molar-refractivity contribution is -0.115. The average Bonchev–Trinajstić information content (AvgIpc) is 3.02. The van der Waals surface area contributed by atoms with Gasteiger partial charge in [-0.25, -0.2) is 23.2 Å². The van der Waals surface area contributed by atoms with Crippen molar-refractivity contribution in [2.24, 2.45) is 5.14 Å². The van der Waals surface area contributed by atoms with E-state index >= 15 is 0 Å². The van der Waals surface area contributed by atoms with Crippen molar-refractivity contribution in [3.8, 4) is 5.82 Å². The molecule has 0 radical (unpaired) electrons. The number of halogens is 2. The number of hydrogen-bond donors (Lipinski definition) is 2. The van der Waals surface area contributed by atoms with Crippen LogP contribution in [0, 0.1) is 0 Å². The molecule has 3 aromatic rings. The number of rotatable bonds is 5. The number of nitrogens with two attached hydrogens (primary N) is 1. The number of nitrogens with one attached hydrogen (secondary N) is 1. The maximum atomic E-state index is 12.2. The van der Waals surface area contributed by atoms with Crippen molar-refractivity contribution in [3.05, 3.63) is 64.5 Å². The molecule has 8 nitrogen and oxygen atoms in total. The third-order valence-electron chi connectivity index (χ3n) is 3.50. The van der Waals surface area contributed by atoms with Crippen LogP contribution in [0.5, 0.6) is 0 Å². The Labute approximate surface area is 165 Å². The first-order valence-electron chi connectivity index (χ1n) is 7.50. The lowest BCUT2D eigenvalue weighted by Crippen LogP contribution is -2.19. The van der Waals surface area contributed by atoms with E-state index < -0.39 is 10.0 Å². The van der Waals surface area contributed by atoms with Crippen LogP contribution in [-0.4, -0.2) is 29.1 Å². The Morgan fingerprint density at radius 2 is 1.96 bits per heavy atom. The van der Waals surface area contributed by atoms with Crippen molar-refractivity contribution < 1.29 is 13.2 Å². The van der Waals surface area contributed by atoms with Gasteiger partial charge in [-0.15, -0.1) is 0 Å². The number of sulfonamides is 1. The van der Waals surface area contributed by atoms with Gasteiger partial charge < -0.3 is 5.32 Å². The Morgan fingerprint density at radius 3 is 2.59 bits per heavy atom. The molecule has 0 aliphatic rings. The quantitative estimate of drug-likeness (QED) is 0.649. The zero-order chi connectivity index (χ0) is 19.6. The summed E-state index contributed by atoms with van der Waals surface area (Å²) in [6, 6.07) is 8.12. The standard InChI is InChI=1S/C16H13Cl2N5O3S/c17-11-7-21-23(9-11)16-14(27(19,25)26)6-12(8-20-16)22-15(24)5-10-3-1-2-4-13(10)18/h1-4,6-9H,5H2,(H,22,24)(H2,19,25,26). The normalized spacial score (nSPS) is 11.4. The molecule has 3 N–H and O–H groups in total. The van der Waals surface area contributed by atoms with Gasteiger partial charge in [0, 0.05) is 5.02 Å². The fourth-order valence-electron chi connectivity index (χ4n) is 2.32. The van der Waals surface area contributed by atoms with Gasteiger partial charge in [0.2, 0.25) is 15.9 Å². The van der Waals surface area contributed by atoms with E-state index in [9.17, 15) is 13.2 Å². The molecule has 0 unspecified atom stereocenters. The minimum absolute atomic E-state index is 0.0148. The first-order valence-corrected chi connectivity index (χ1v) is 9.81. The monoisotopic (exact) mass is 425 g/mol. The van der Waals surface area contributed by atoms with E-state index in [1.54, 1.807) is 24.3 Å². The molecule has 3 rings (SSSR count). The SMILES string of the molecule is NS(=O)(=O)c1cc(NC(=O)Cc2ccccc2Cl)cnc1-n1cc(Cl)cn1. The van der Waals surface area contributed by atoms with Crippen molar-refractivity contribution in [2.45, 2.75) is 11.3 Å². The molecule has 1 amide bonds. The molecule has 11 heteroatoms. The zero-order valence-electron chi connectivity index (χ0n) is 13.6. The van der Waals surface area contributed by atoms with Crippen molar-refractivity contribution in [2.75, 3.05) is 5.32 Å². The van der Waals surface area contributed by atoms with Crippen LogP contribution in [0.3, 0.4) is 0 Å². The molecule has 27 heavy (non-hydrogen) atoms. The van der Waals surface area contributed by atoms with Gasteiger partial charge in [-0.2, -0.15) is 5.10 Å². The zero-order valence-corrected chi connectivity index (χ0v) is 16.0. The number of amides is 1. The van der Waals surface area contributed by atoms with Crippen molar-refractivity contribution in [1.29, 1.82) is 0 Å². The third-order valence-corrected chi connectivity index (χ3v) is 4.98. The Morgan fingerprint density at radius 1 is 1.22 bits per heavy atom. The Kier molecular flexibility index (Phi) is 5.47. The van der Waals surface area contributed by atoms with E-state index in [1.807, 2.05) is 0 Å². The predicted molar refractivity (Wildman–Crippen MR) is 102 cm³/mol. The molecule has 0 saturated carbocycles. The van der Waals surface area contributed by atoms with Crippen LogP contribution in [0.2, 0.25) is 10.0 Å². The molecule has 0 aliphatic carbocycles. The van der Waals surface area contributed by atoms with E-state index in [0.717, 1.165) is 0 Å². The summed E-state index contributed by atoms with van der Waals surface area (Å²) in [5, 5.41) is 12.5. The highest BCUT2D eigenvalue weighted by molar-refractivity contribution is 7.89. The molecule has 140 valence electrons. The second-order valence-corrected chi connectivity index (χ2v) is 7.88. The van der Waals surface area contributed by atoms with Gasteiger partial charge in [0.1, 0.15) is 4.90 Å². The summed E-state index contributed by atoms with van der Waals surface area (Å²) in [7, 11) is -4.14. The van der Waals surface area contributed by atoms with E-state index in [0.29, 0.717) is 15.6 Å². The largest absolute Gasteiger partial charge is 0.324 e. The summed E-state index contributed by atoms with van der Waals surface area (Å²) in [4.78, 5) is 16.0. The summed E-state index contributed by atoms with van der Waals surface area (Å²) >= 11 is 11.8. The Bertz CT molecular complexity index is 1110. The molecule has 0 spiro atoms. The number of aromatic nitrogens is 3. The third kappa shape index (κ3) is 4.64. The van der Waals surface area contributed by atoms with Crippen LogP contribution < -0.4 is 10.5 Å². The minimum atomic E-state index is -4.14. The van der Waals surface area contributed by atoms with Crippen LogP contribution in [0.4, 0.5) is 5.69 Å². The molecule has 2 aromatic heterocycles. The van der Waals surface area contributed by atoms with Crippen LogP contribution >= 0.6 is 23.2 Å². The van der Waals surface area contributed by atoms with Crippen molar-refractivity contribution in [3.63, 3.8) is 0 Å². The number of nitrogens with zero attached hydrogens (tertiary/aromatic N) is 3. The summed E-state index contributed by atoms with van der Waals surface area (Å²) in [5.41, 5.74) is 0.803. The van der Waals surface area contributed by atoms with Gasteiger partial charge in [-0.3, -0.25) is 4.79 Å². The molecular formula is C16H13Cl2N5O3S. The van der Waals surface area contributed by atoms with E-state index in [2.05, 4.69) is 15.4 Å². The summed E-state index contributed by atoms with van der Waals surface area (Å²) in [6.45, 7) is 0. The number of primary sulfonamides is 1. The molecular weight excluding hydrogens is 413 g/mol. The fraction of sp³-hybridized carbons (Fsp3) is 0.0625. The smallest absolute Gasteiger partial charge is 0.241 e.